The van der Waals surface area contributed by atoms with Crippen LogP contribution in [0.4, 0.5) is 13.2 Å². The van der Waals surface area contributed by atoms with E-state index in [1.807, 2.05) is 0 Å². The van der Waals surface area contributed by atoms with Gasteiger partial charge in [-0.1, -0.05) is 6.07 Å². The number of amides is 1. The molecule has 2 rings (SSSR count). The lowest BCUT2D eigenvalue weighted by molar-refractivity contribution is -0.143. The lowest BCUT2D eigenvalue weighted by atomic mass is 10.1. The highest BCUT2D eigenvalue weighted by molar-refractivity contribution is 7.89. The largest absolute Gasteiger partial charge is 0.468 e. The van der Waals surface area contributed by atoms with Crippen LogP contribution >= 0.6 is 0 Å². The minimum atomic E-state index is -4.61. The number of carbonyl (C=O) groups excluding carboxylic acids is 2. The van der Waals surface area contributed by atoms with Crippen molar-refractivity contribution in [2.75, 3.05) is 6.54 Å². The lowest BCUT2D eigenvalue weighted by Gasteiger charge is -2.16. The second kappa shape index (κ2) is 9.30. The standard InChI is InChI=1S/C18H19F3N2O6S/c1-11-5-6-14(30(26,27)23-9-13-4-3-7-28-13)8-15(11)17(25)29-12(2)16(24)22-10-18(19,20)21/h3-8,12,23H,9-10H2,1-2H3,(H,22,24). The minimum absolute atomic E-state index is 0.112. The fraction of sp³-hybridized carbons (Fsp3) is 0.333. The summed E-state index contributed by atoms with van der Waals surface area (Å²) in [4.78, 5) is 23.8. The molecule has 0 radical (unpaired) electrons. The first-order valence-corrected chi connectivity index (χ1v) is 10.1. The maximum atomic E-state index is 12.4. The van der Waals surface area contributed by atoms with Crippen molar-refractivity contribution in [2.45, 2.75) is 37.6 Å². The van der Waals surface area contributed by atoms with Gasteiger partial charge in [0.2, 0.25) is 10.0 Å². The number of nitrogens with one attached hydrogen (secondary N) is 2. The summed E-state index contributed by atoms with van der Waals surface area (Å²) in [7, 11) is -4.00. The topological polar surface area (TPSA) is 115 Å². The Labute approximate surface area is 170 Å². The van der Waals surface area contributed by atoms with E-state index in [9.17, 15) is 31.2 Å². The Hall–Kier alpha value is -2.86. The second-order valence-corrected chi connectivity index (χ2v) is 8.03. The van der Waals surface area contributed by atoms with Crippen LogP contribution in [0.15, 0.2) is 45.9 Å². The molecule has 12 heteroatoms. The molecule has 2 N–H and O–H groups in total. The van der Waals surface area contributed by atoms with Gasteiger partial charge in [-0.2, -0.15) is 13.2 Å². The summed E-state index contributed by atoms with van der Waals surface area (Å²) in [5, 5.41) is 1.60. The summed E-state index contributed by atoms with van der Waals surface area (Å²) in [6, 6.07) is 6.87. The molecule has 2 aromatic rings. The Morgan fingerprint density at radius 2 is 1.93 bits per heavy atom. The molecule has 0 bridgehead atoms. The van der Waals surface area contributed by atoms with E-state index in [1.54, 1.807) is 17.4 Å². The number of sulfonamides is 1. The molecule has 1 amide bonds. The first kappa shape index (κ1) is 23.4. The number of esters is 1. The van der Waals surface area contributed by atoms with Crippen molar-refractivity contribution in [2.24, 2.45) is 0 Å². The van der Waals surface area contributed by atoms with Gasteiger partial charge in [-0.3, -0.25) is 4.79 Å². The molecule has 1 heterocycles. The molecule has 1 atom stereocenters. The van der Waals surface area contributed by atoms with E-state index in [0.29, 0.717) is 11.3 Å². The number of furan rings is 1. The summed E-state index contributed by atoms with van der Waals surface area (Å²) in [6.07, 6.45) is -4.74. The molecule has 30 heavy (non-hydrogen) atoms. The van der Waals surface area contributed by atoms with Crippen LogP contribution in [-0.2, 0) is 26.1 Å². The number of halogens is 3. The van der Waals surface area contributed by atoms with E-state index in [-0.39, 0.29) is 17.0 Å². The Morgan fingerprint density at radius 3 is 2.53 bits per heavy atom. The molecule has 0 aliphatic rings. The first-order chi connectivity index (χ1) is 13.9. The van der Waals surface area contributed by atoms with E-state index in [4.69, 9.17) is 9.15 Å². The van der Waals surface area contributed by atoms with Crippen LogP contribution in [0.2, 0.25) is 0 Å². The molecule has 1 aromatic heterocycles. The molecule has 1 aromatic carbocycles. The van der Waals surface area contributed by atoms with Gasteiger partial charge in [0.1, 0.15) is 12.3 Å². The smallest absolute Gasteiger partial charge is 0.405 e. The zero-order chi connectivity index (χ0) is 22.5. The second-order valence-electron chi connectivity index (χ2n) is 6.26. The van der Waals surface area contributed by atoms with Crippen molar-refractivity contribution in [3.05, 3.63) is 53.5 Å². The van der Waals surface area contributed by atoms with Crippen molar-refractivity contribution >= 4 is 21.9 Å². The number of aryl methyl sites for hydroxylation is 1. The van der Waals surface area contributed by atoms with Gasteiger partial charge < -0.3 is 14.5 Å². The van der Waals surface area contributed by atoms with Crippen molar-refractivity contribution in [1.82, 2.24) is 10.0 Å². The average Bonchev–Trinajstić information content (AvgIpc) is 3.17. The zero-order valence-corrected chi connectivity index (χ0v) is 16.8. The van der Waals surface area contributed by atoms with Gasteiger partial charge in [0, 0.05) is 0 Å². The minimum Gasteiger partial charge on any atom is -0.468 e. The van der Waals surface area contributed by atoms with Crippen LogP contribution in [0.5, 0.6) is 0 Å². The predicted octanol–water partition coefficient (Wildman–Crippen LogP) is 2.29. The fourth-order valence-electron chi connectivity index (χ4n) is 2.26. The van der Waals surface area contributed by atoms with Gasteiger partial charge in [-0.25, -0.2) is 17.9 Å². The average molecular weight is 448 g/mol. The predicted molar refractivity (Wildman–Crippen MR) is 97.9 cm³/mol. The van der Waals surface area contributed by atoms with Crippen molar-refractivity contribution in [3.63, 3.8) is 0 Å². The highest BCUT2D eigenvalue weighted by Gasteiger charge is 2.30. The van der Waals surface area contributed by atoms with Crippen molar-refractivity contribution in [1.29, 1.82) is 0 Å². The highest BCUT2D eigenvalue weighted by Crippen LogP contribution is 2.18. The SMILES string of the molecule is Cc1ccc(S(=O)(=O)NCc2ccco2)cc1C(=O)OC(C)C(=O)NCC(F)(F)F. The molecular weight excluding hydrogens is 429 g/mol. The van der Waals surface area contributed by atoms with Crippen molar-refractivity contribution in [3.8, 4) is 0 Å². The first-order valence-electron chi connectivity index (χ1n) is 8.57. The Morgan fingerprint density at radius 1 is 1.23 bits per heavy atom. The maximum Gasteiger partial charge on any atom is 0.405 e. The zero-order valence-electron chi connectivity index (χ0n) is 15.9. The van der Waals surface area contributed by atoms with Crippen LogP contribution in [-0.4, -0.2) is 39.1 Å². The molecule has 0 spiro atoms. The summed E-state index contributed by atoms with van der Waals surface area (Å²) in [5.41, 5.74) is 0.208. The number of alkyl halides is 3. The monoisotopic (exact) mass is 448 g/mol. The Bertz CT molecular complexity index is 1000. The van der Waals surface area contributed by atoms with Crippen molar-refractivity contribution < 1.29 is 40.3 Å². The number of rotatable bonds is 8. The number of carbonyl (C=O) groups is 2. The fourth-order valence-corrected chi connectivity index (χ4v) is 3.28. The third-order valence-electron chi connectivity index (χ3n) is 3.87. The van der Waals surface area contributed by atoms with Gasteiger partial charge in [-0.15, -0.1) is 0 Å². The van der Waals surface area contributed by atoms with Crippen LogP contribution in [0.3, 0.4) is 0 Å². The van der Waals surface area contributed by atoms with Crippen LogP contribution in [0.25, 0.3) is 0 Å². The van der Waals surface area contributed by atoms with Gasteiger partial charge >= 0.3 is 12.1 Å². The highest BCUT2D eigenvalue weighted by atomic mass is 32.2. The molecule has 164 valence electrons. The molecule has 0 fully saturated rings. The van der Waals surface area contributed by atoms with Crippen LogP contribution in [0.1, 0.15) is 28.6 Å². The van der Waals surface area contributed by atoms with E-state index < -0.39 is 40.7 Å². The third-order valence-corrected chi connectivity index (χ3v) is 5.27. The van der Waals surface area contributed by atoms with Gasteiger partial charge in [0.05, 0.1) is 23.3 Å². The van der Waals surface area contributed by atoms with Gasteiger partial charge in [0.25, 0.3) is 5.91 Å². The van der Waals surface area contributed by atoms with E-state index >= 15 is 0 Å². The molecule has 1 unspecified atom stereocenters. The summed E-state index contributed by atoms with van der Waals surface area (Å²) < 4.78 is 73.7. The normalized spacial score (nSPS) is 13.0. The number of benzene rings is 1. The van der Waals surface area contributed by atoms with Gasteiger partial charge in [0.15, 0.2) is 6.10 Å². The molecule has 0 aliphatic carbocycles. The number of hydrogen-bond donors (Lipinski definition) is 2. The van der Waals surface area contributed by atoms with Crippen LogP contribution in [0, 0.1) is 6.92 Å². The quantitative estimate of drug-likeness (QED) is 0.599. The molecule has 0 aliphatic heterocycles. The Balaban J connectivity index is 2.09. The van der Waals surface area contributed by atoms with E-state index in [2.05, 4.69) is 4.72 Å². The summed E-state index contributed by atoms with van der Waals surface area (Å²) in [5.74, 6) is -1.81. The lowest BCUT2D eigenvalue weighted by Crippen LogP contribution is -2.40. The summed E-state index contributed by atoms with van der Waals surface area (Å²) in [6.45, 7) is 0.934. The molecule has 0 saturated heterocycles. The molecule has 8 nitrogen and oxygen atoms in total. The van der Waals surface area contributed by atoms with Crippen LogP contribution < -0.4 is 10.0 Å². The Kier molecular flexibility index (Phi) is 7.26. The molecular formula is C18H19F3N2O6S. The number of ether oxygens (including phenoxy) is 1. The number of hydrogen-bond acceptors (Lipinski definition) is 6. The maximum absolute atomic E-state index is 12.4. The van der Waals surface area contributed by atoms with Gasteiger partial charge in [-0.05, 0) is 43.7 Å². The third kappa shape index (κ3) is 6.59. The van der Waals surface area contributed by atoms with E-state index in [0.717, 1.165) is 13.0 Å². The summed E-state index contributed by atoms with van der Waals surface area (Å²) >= 11 is 0. The molecule has 0 saturated carbocycles. The van der Waals surface area contributed by atoms with E-state index in [1.165, 1.54) is 25.3 Å².